The number of benzene rings is 1. The summed E-state index contributed by atoms with van der Waals surface area (Å²) >= 11 is 3.33. The van der Waals surface area contributed by atoms with Gasteiger partial charge in [-0.25, -0.2) is 0 Å². The zero-order valence-electron chi connectivity index (χ0n) is 7.70. The molecule has 1 nitrogen and oxygen atoms in total. The van der Waals surface area contributed by atoms with Crippen LogP contribution in [0.2, 0.25) is 0 Å². The third kappa shape index (κ3) is 3.65. The highest BCUT2D eigenvalue weighted by atomic mass is 79.9. The lowest BCUT2D eigenvalue weighted by Gasteiger charge is -2.00. The quantitative estimate of drug-likeness (QED) is 0.608. The lowest BCUT2D eigenvalue weighted by atomic mass is 10.4. The van der Waals surface area contributed by atoms with E-state index < -0.39 is 10.8 Å². The summed E-state index contributed by atoms with van der Waals surface area (Å²) in [5.74, 6) is 3.19. The molecule has 0 bridgehead atoms. The van der Waals surface area contributed by atoms with Crippen LogP contribution in [0, 0.1) is 12.3 Å². The fourth-order valence-electron chi connectivity index (χ4n) is 1.01. The van der Waals surface area contributed by atoms with Crippen LogP contribution in [0.5, 0.6) is 0 Å². The van der Waals surface area contributed by atoms with Gasteiger partial charge in [0.05, 0.1) is 10.8 Å². The van der Waals surface area contributed by atoms with Gasteiger partial charge in [-0.2, -0.15) is 0 Å². The van der Waals surface area contributed by atoms with Crippen LogP contribution in [0.25, 0.3) is 0 Å². The molecule has 0 saturated heterocycles. The monoisotopic (exact) mass is 270 g/mol. The molecule has 1 rings (SSSR count). The molecule has 0 aliphatic rings. The standard InChI is InChI=1S/C11H11BrOS/c1-2-3-4-9-14(13)11-7-5-10(12)6-8-11/h1,5-8H,3-4,9H2. The Morgan fingerprint density at radius 3 is 2.57 bits per heavy atom. The van der Waals surface area contributed by atoms with Gasteiger partial charge in [0.1, 0.15) is 0 Å². The normalized spacial score (nSPS) is 12.0. The van der Waals surface area contributed by atoms with E-state index in [0.29, 0.717) is 12.2 Å². The van der Waals surface area contributed by atoms with Gasteiger partial charge in [-0.1, -0.05) is 15.9 Å². The van der Waals surface area contributed by atoms with Gasteiger partial charge < -0.3 is 0 Å². The van der Waals surface area contributed by atoms with Crippen molar-refractivity contribution in [3.8, 4) is 12.3 Å². The molecule has 0 aromatic heterocycles. The molecular weight excluding hydrogens is 260 g/mol. The molecule has 0 aliphatic carbocycles. The maximum absolute atomic E-state index is 11.7. The zero-order valence-corrected chi connectivity index (χ0v) is 10.1. The van der Waals surface area contributed by atoms with Gasteiger partial charge in [-0.05, 0) is 30.7 Å². The van der Waals surface area contributed by atoms with Crippen molar-refractivity contribution in [1.82, 2.24) is 0 Å². The van der Waals surface area contributed by atoms with Crippen LogP contribution in [-0.4, -0.2) is 9.96 Å². The highest BCUT2D eigenvalue weighted by Crippen LogP contribution is 2.14. The molecule has 3 heteroatoms. The molecule has 0 N–H and O–H groups in total. The summed E-state index contributed by atoms with van der Waals surface area (Å²) < 4.78 is 12.7. The minimum atomic E-state index is -0.910. The van der Waals surface area contributed by atoms with E-state index in [-0.39, 0.29) is 0 Å². The van der Waals surface area contributed by atoms with Crippen LogP contribution < -0.4 is 0 Å². The van der Waals surface area contributed by atoms with E-state index in [0.717, 1.165) is 15.8 Å². The van der Waals surface area contributed by atoms with Crippen LogP contribution in [-0.2, 0) is 10.8 Å². The van der Waals surface area contributed by atoms with Gasteiger partial charge in [0.2, 0.25) is 0 Å². The van der Waals surface area contributed by atoms with Crippen molar-refractivity contribution < 1.29 is 4.21 Å². The highest BCUT2D eigenvalue weighted by Gasteiger charge is 2.02. The number of terminal acetylenes is 1. The van der Waals surface area contributed by atoms with Gasteiger partial charge in [0, 0.05) is 21.5 Å². The first kappa shape index (κ1) is 11.5. The molecule has 74 valence electrons. The largest absolute Gasteiger partial charge is 0.254 e. The van der Waals surface area contributed by atoms with Crippen LogP contribution in [0.1, 0.15) is 12.8 Å². The average Bonchev–Trinajstić information content (AvgIpc) is 2.19. The number of hydrogen-bond donors (Lipinski definition) is 0. The average molecular weight is 271 g/mol. The first-order chi connectivity index (χ1) is 6.74. The molecule has 0 aliphatic heterocycles. The summed E-state index contributed by atoms with van der Waals surface area (Å²) in [6, 6.07) is 7.54. The summed E-state index contributed by atoms with van der Waals surface area (Å²) in [6.45, 7) is 0. The minimum absolute atomic E-state index is 0.645. The molecule has 0 radical (unpaired) electrons. The maximum atomic E-state index is 11.7. The topological polar surface area (TPSA) is 17.1 Å². The molecule has 1 atom stereocenters. The third-order valence-electron chi connectivity index (χ3n) is 1.73. The van der Waals surface area contributed by atoms with Crippen LogP contribution in [0.3, 0.4) is 0 Å². The van der Waals surface area contributed by atoms with E-state index in [1.54, 1.807) is 0 Å². The Balaban J connectivity index is 2.53. The minimum Gasteiger partial charge on any atom is -0.254 e. The number of unbranched alkanes of at least 4 members (excludes halogenated alkanes) is 1. The van der Waals surface area contributed by atoms with Gasteiger partial charge in [0.15, 0.2) is 0 Å². The number of halogens is 1. The highest BCUT2D eigenvalue weighted by molar-refractivity contribution is 9.10. The summed E-state index contributed by atoms with van der Waals surface area (Å²) in [6.07, 6.45) is 6.63. The van der Waals surface area contributed by atoms with Gasteiger partial charge in [-0.3, -0.25) is 4.21 Å². The lowest BCUT2D eigenvalue weighted by molar-refractivity contribution is 0.681. The molecule has 0 spiro atoms. The first-order valence-corrected chi connectivity index (χ1v) is 6.42. The Kier molecular flexibility index (Phi) is 4.92. The van der Waals surface area contributed by atoms with Crippen molar-refractivity contribution in [3.63, 3.8) is 0 Å². The molecule has 1 unspecified atom stereocenters. The zero-order chi connectivity index (χ0) is 10.4. The summed E-state index contributed by atoms with van der Waals surface area (Å²) in [5.41, 5.74) is 0. The Hall–Kier alpha value is -0.590. The Bertz CT molecular complexity index is 351. The van der Waals surface area contributed by atoms with E-state index in [9.17, 15) is 4.21 Å². The molecule has 0 heterocycles. The van der Waals surface area contributed by atoms with E-state index in [2.05, 4.69) is 21.9 Å². The van der Waals surface area contributed by atoms with E-state index in [4.69, 9.17) is 6.42 Å². The Morgan fingerprint density at radius 1 is 1.36 bits per heavy atom. The van der Waals surface area contributed by atoms with Gasteiger partial charge in [-0.15, -0.1) is 12.3 Å². The second-order valence-corrected chi connectivity index (χ2v) is 5.30. The number of hydrogen-bond acceptors (Lipinski definition) is 1. The smallest absolute Gasteiger partial charge is 0.0529 e. The van der Waals surface area contributed by atoms with Crippen LogP contribution in [0.4, 0.5) is 0 Å². The Morgan fingerprint density at radius 2 is 2.00 bits per heavy atom. The van der Waals surface area contributed by atoms with Crippen LogP contribution >= 0.6 is 15.9 Å². The van der Waals surface area contributed by atoms with Crippen molar-refractivity contribution in [2.45, 2.75) is 17.7 Å². The lowest BCUT2D eigenvalue weighted by Crippen LogP contribution is -1.97. The van der Waals surface area contributed by atoms with Crippen molar-refractivity contribution in [2.24, 2.45) is 0 Å². The van der Waals surface area contributed by atoms with E-state index >= 15 is 0 Å². The third-order valence-corrected chi connectivity index (χ3v) is 3.71. The summed E-state index contributed by atoms with van der Waals surface area (Å²) in [4.78, 5) is 0.866. The van der Waals surface area contributed by atoms with Crippen LogP contribution in [0.15, 0.2) is 33.6 Å². The number of rotatable bonds is 4. The molecular formula is C11H11BrOS. The second kappa shape index (κ2) is 6.00. The van der Waals surface area contributed by atoms with Crippen molar-refractivity contribution in [2.75, 3.05) is 5.75 Å². The van der Waals surface area contributed by atoms with E-state index in [1.807, 2.05) is 24.3 Å². The first-order valence-electron chi connectivity index (χ1n) is 4.31. The molecule has 0 saturated carbocycles. The molecule has 14 heavy (non-hydrogen) atoms. The summed E-state index contributed by atoms with van der Waals surface area (Å²) in [7, 11) is -0.910. The SMILES string of the molecule is C#CCCCS(=O)c1ccc(Br)cc1. The summed E-state index contributed by atoms with van der Waals surface area (Å²) in [5, 5.41) is 0. The fraction of sp³-hybridized carbons (Fsp3) is 0.273. The molecule has 0 fully saturated rings. The van der Waals surface area contributed by atoms with Crippen molar-refractivity contribution in [1.29, 1.82) is 0 Å². The molecule has 0 amide bonds. The Labute approximate surface area is 95.5 Å². The van der Waals surface area contributed by atoms with Crippen molar-refractivity contribution >= 4 is 26.7 Å². The predicted molar refractivity (Wildman–Crippen MR) is 63.5 cm³/mol. The molecule has 1 aromatic rings. The second-order valence-electron chi connectivity index (χ2n) is 2.81. The predicted octanol–water partition coefficient (Wildman–Crippen LogP) is 2.97. The van der Waals surface area contributed by atoms with Crippen molar-refractivity contribution in [3.05, 3.63) is 28.7 Å². The van der Waals surface area contributed by atoms with Gasteiger partial charge in [0.25, 0.3) is 0 Å². The van der Waals surface area contributed by atoms with E-state index in [1.165, 1.54) is 0 Å². The van der Waals surface area contributed by atoms with Gasteiger partial charge >= 0.3 is 0 Å². The fourth-order valence-corrected chi connectivity index (χ4v) is 2.36. The maximum Gasteiger partial charge on any atom is 0.0529 e. The molecule has 1 aromatic carbocycles.